The topological polar surface area (TPSA) is 71.9 Å². The second-order valence-electron chi connectivity index (χ2n) is 7.30. The molecule has 0 saturated heterocycles. The Morgan fingerprint density at radius 1 is 1.10 bits per heavy atom. The van der Waals surface area contributed by atoms with E-state index in [1.165, 1.54) is 5.56 Å². The maximum Gasteiger partial charge on any atom is 0.142 e. The third-order valence-electron chi connectivity index (χ3n) is 4.58. The number of nitrogens with two attached hydrogens (primary N) is 1. The highest BCUT2D eigenvalue weighted by atomic mass is 79.9. The molecule has 3 rings (SSSR count). The van der Waals surface area contributed by atoms with Gasteiger partial charge in [0.05, 0.1) is 12.3 Å². The maximum absolute atomic E-state index is 9.71. The van der Waals surface area contributed by atoms with Crippen molar-refractivity contribution < 1.29 is 4.74 Å². The quantitative estimate of drug-likeness (QED) is 0.483. The van der Waals surface area contributed by atoms with Crippen LogP contribution in [0.2, 0.25) is 0 Å². The van der Waals surface area contributed by atoms with Crippen LogP contribution in [-0.2, 0) is 6.42 Å². The van der Waals surface area contributed by atoms with E-state index >= 15 is 0 Å². The molecule has 1 aromatic heterocycles. The predicted octanol–water partition coefficient (Wildman–Crippen LogP) is 6.23. The second kappa shape index (κ2) is 9.11. The zero-order chi connectivity index (χ0) is 21.0. The van der Waals surface area contributed by atoms with Crippen LogP contribution in [0.4, 0.5) is 5.82 Å². The molecule has 2 aromatic carbocycles. The van der Waals surface area contributed by atoms with Gasteiger partial charge in [0.1, 0.15) is 23.2 Å². The summed E-state index contributed by atoms with van der Waals surface area (Å²) in [6, 6.07) is 18.2. The van der Waals surface area contributed by atoms with Crippen LogP contribution in [-0.4, -0.2) is 11.6 Å². The van der Waals surface area contributed by atoms with Gasteiger partial charge in [0.25, 0.3) is 0 Å². The van der Waals surface area contributed by atoms with Gasteiger partial charge in [-0.2, -0.15) is 5.26 Å². The van der Waals surface area contributed by atoms with Crippen molar-refractivity contribution >= 4 is 21.7 Å². The molecular weight excluding hydrogens is 426 g/mol. The molecule has 0 fully saturated rings. The lowest BCUT2D eigenvalue weighted by molar-refractivity contribution is 0.341. The summed E-state index contributed by atoms with van der Waals surface area (Å²) in [4.78, 5) is 4.49. The lowest BCUT2D eigenvalue weighted by Crippen LogP contribution is -2.01. The van der Waals surface area contributed by atoms with Gasteiger partial charge in [0.2, 0.25) is 0 Å². The number of hydrogen-bond donors (Lipinski definition) is 1. The van der Waals surface area contributed by atoms with Crippen molar-refractivity contribution in [3.05, 3.63) is 64.1 Å². The average molecular weight is 450 g/mol. The van der Waals surface area contributed by atoms with Crippen molar-refractivity contribution in [3.8, 4) is 34.2 Å². The summed E-state index contributed by atoms with van der Waals surface area (Å²) in [5.74, 6) is 1.52. The molecule has 0 aliphatic heterocycles. The molecule has 0 atom stereocenters. The second-order valence-corrected chi connectivity index (χ2v) is 8.21. The van der Waals surface area contributed by atoms with Gasteiger partial charge in [-0.05, 0) is 49.1 Å². The van der Waals surface area contributed by atoms with Gasteiger partial charge in [-0.25, -0.2) is 4.98 Å². The molecule has 0 spiro atoms. The molecule has 5 heteroatoms. The highest BCUT2D eigenvalue weighted by Crippen LogP contribution is 2.38. The third-order valence-corrected chi connectivity index (χ3v) is 5.08. The van der Waals surface area contributed by atoms with E-state index in [-0.39, 0.29) is 5.82 Å². The number of ether oxygens (including phenoxy) is 1. The van der Waals surface area contributed by atoms with Crippen LogP contribution in [0.3, 0.4) is 0 Å². The maximum atomic E-state index is 9.71. The van der Waals surface area contributed by atoms with E-state index in [0.717, 1.165) is 27.7 Å². The minimum absolute atomic E-state index is 0.216. The molecule has 0 unspecified atom stereocenters. The van der Waals surface area contributed by atoms with E-state index in [1.54, 1.807) is 0 Å². The van der Waals surface area contributed by atoms with Gasteiger partial charge < -0.3 is 10.5 Å². The lowest BCUT2D eigenvalue weighted by atomic mass is 9.96. The van der Waals surface area contributed by atoms with Crippen molar-refractivity contribution in [2.24, 2.45) is 5.92 Å². The minimum Gasteiger partial charge on any atom is -0.493 e. The summed E-state index contributed by atoms with van der Waals surface area (Å²) in [5.41, 5.74) is 11.0. The fourth-order valence-corrected chi connectivity index (χ4v) is 3.68. The normalized spacial score (nSPS) is 10.8. The van der Waals surface area contributed by atoms with E-state index in [1.807, 2.05) is 31.2 Å². The van der Waals surface area contributed by atoms with Crippen molar-refractivity contribution in [1.82, 2.24) is 4.98 Å². The standard InChI is InChI=1S/C24H24BrN3O/c1-4-29-23-10-9-18(25)12-20(23)19-13-22(28-24(27)21(19)14-26)17-7-5-16(6-8-17)11-15(2)3/h5-10,12-13,15H,4,11H2,1-3H3,(H2,27,28). The van der Waals surface area contributed by atoms with Crippen molar-refractivity contribution in [2.75, 3.05) is 12.3 Å². The van der Waals surface area contributed by atoms with Gasteiger partial charge >= 0.3 is 0 Å². The van der Waals surface area contributed by atoms with E-state index in [0.29, 0.717) is 29.4 Å². The van der Waals surface area contributed by atoms with E-state index < -0.39 is 0 Å². The number of anilines is 1. The zero-order valence-corrected chi connectivity index (χ0v) is 18.5. The Hall–Kier alpha value is -2.84. The smallest absolute Gasteiger partial charge is 0.142 e. The Morgan fingerprint density at radius 3 is 2.45 bits per heavy atom. The van der Waals surface area contributed by atoms with Crippen LogP contribution in [0.5, 0.6) is 5.75 Å². The number of hydrogen-bond acceptors (Lipinski definition) is 4. The van der Waals surface area contributed by atoms with Crippen LogP contribution in [0.15, 0.2) is 53.0 Å². The summed E-state index contributed by atoms with van der Waals surface area (Å²) in [6.07, 6.45) is 1.03. The minimum atomic E-state index is 0.216. The molecule has 0 aliphatic rings. The molecule has 4 nitrogen and oxygen atoms in total. The number of pyridine rings is 1. The van der Waals surface area contributed by atoms with Crippen LogP contribution in [0.1, 0.15) is 31.9 Å². The Labute approximate surface area is 180 Å². The molecular formula is C24H24BrN3O. The number of nitriles is 1. The van der Waals surface area contributed by atoms with Gasteiger partial charge in [0.15, 0.2) is 0 Å². The summed E-state index contributed by atoms with van der Waals surface area (Å²) in [5, 5.41) is 9.71. The molecule has 0 saturated carbocycles. The molecule has 0 amide bonds. The highest BCUT2D eigenvalue weighted by molar-refractivity contribution is 9.10. The SMILES string of the molecule is CCOc1ccc(Br)cc1-c1cc(-c2ccc(CC(C)C)cc2)nc(N)c1C#N. The molecule has 0 radical (unpaired) electrons. The molecule has 0 bridgehead atoms. The number of aromatic nitrogens is 1. The van der Waals surface area contributed by atoms with E-state index in [4.69, 9.17) is 10.5 Å². The van der Waals surface area contributed by atoms with Crippen LogP contribution in [0, 0.1) is 17.2 Å². The molecule has 3 aromatic rings. The van der Waals surface area contributed by atoms with Gasteiger partial charge in [0, 0.05) is 21.2 Å². The monoisotopic (exact) mass is 449 g/mol. The first-order valence-electron chi connectivity index (χ1n) is 9.65. The fraction of sp³-hybridized carbons (Fsp3) is 0.250. The van der Waals surface area contributed by atoms with Crippen molar-refractivity contribution in [3.63, 3.8) is 0 Å². The molecule has 1 heterocycles. The largest absolute Gasteiger partial charge is 0.493 e. The molecule has 2 N–H and O–H groups in total. The molecule has 0 aliphatic carbocycles. The Balaban J connectivity index is 2.14. The van der Waals surface area contributed by atoms with E-state index in [9.17, 15) is 5.26 Å². The summed E-state index contributed by atoms with van der Waals surface area (Å²) >= 11 is 3.52. The van der Waals surface area contributed by atoms with Crippen LogP contribution < -0.4 is 10.5 Å². The average Bonchev–Trinajstić information content (AvgIpc) is 2.69. The lowest BCUT2D eigenvalue weighted by Gasteiger charge is -2.15. The summed E-state index contributed by atoms with van der Waals surface area (Å²) in [6.45, 7) is 6.87. The highest BCUT2D eigenvalue weighted by Gasteiger charge is 2.17. The molecule has 148 valence electrons. The first kappa shape index (κ1) is 20.9. The number of nitrogens with zero attached hydrogens (tertiary/aromatic N) is 2. The Morgan fingerprint density at radius 2 is 1.83 bits per heavy atom. The number of benzene rings is 2. The third kappa shape index (κ3) is 4.78. The van der Waals surface area contributed by atoms with Gasteiger partial charge in [-0.15, -0.1) is 0 Å². The summed E-state index contributed by atoms with van der Waals surface area (Å²) in [7, 11) is 0. The van der Waals surface area contributed by atoms with Gasteiger partial charge in [-0.3, -0.25) is 0 Å². The summed E-state index contributed by atoms with van der Waals surface area (Å²) < 4.78 is 6.69. The number of halogens is 1. The van der Waals surface area contributed by atoms with Crippen LogP contribution >= 0.6 is 15.9 Å². The van der Waals surface area contributed by atoms with Crippen molar-refractivity contribution in [1.29, 1.82) is 5.26 Å². The Kier molecular flexibility index (Phi) is 6.56. The first-order valence-corrected chi connectivity index (χ1v) is 10.4. The number of rotatable bonds is 6. The predicted molar refractivity (Wildman–Crippen MR) is 122 cm³/mol. The Bertz CT molecular complexity index is 1050. The first-order chi connectivity index (χ1) is 13.9. The van der Waals surface area contributed by atoms with Crippen molar-refractivity contribution in [2.45, 2.75) is 27.2 Å². The van der Waals surface area contributed by atoms with Gasteiger partial charge in [-0.1, -0.05) is 54.0 Å². The zero-order valence-electron chi connectivity index (χ0n) is 16.9. The van der Waals surface area contributed by atoms with Crippen LogP contribution in [0.25, 0.3) is 22.4 Å². The number of nitrogen functional groups attached to an aromatic ring is 1. The van der Waals surface area contributed by atoms with E-state index in [2.05, 4.69) is 65.1 Å². The fourth-order valence-electron chi connectivity index (χ4n) is 3.32. The molecule has 29 heavy (non-hydrogen) atoms.